The van der Waals surface area contributed by atoms with Crippen molar-refractivity contribution in [1.29, 1.82) is 0 Å². The van der Waals surface area contributed by atoms with E-state index < -0.39 is 35.5 Å². The molecule has 2 aliphatic heterocycles. The molecule has 3 fully saturated rings. The van der Waals surface area contributed by atoms with Crippen molar-refractivity contribution in [3.8, 4) is 11.5 Å². The van der Waals surface area contributed by atoms with Gasteiger partial charge in [-0.1, -0.05) is 17.7 Å². The fourth-order valence-electron chi connectivity index (χ4n) is 9.60. The molecule has 2 aliphatic carbocycles. The Morgan fingerprint density at radius 2 is 1.00 bits per heavy atom. The molecule has 0 spiro atoms. The molecule has 0 radical (unpaired) electrons. The Morgan fingerprint density at radius 1 is 0.556 bits per heavy atom. The number of hydrogen-bond donors (Lipinski definition) is 1. The summed E-state index contributed by atoms with van der Waals surface area (Å²) < 4.78 is 5.77. The number of aromatic hydroxyl groups is 1. The monoisotopic (exact) mass is 842 g/mol. The minimum Gasteiger partial charge on any atom is -0.508 e. The van der Waals surface area contributed by atoms with E-state index in [1.54, 1.807) is 54.6 Å². The molecule has 5 aromatic carbocycles. The number of allylic oxidation sites excluding steroid dienone is 2. The molecule has 6 unspecified atom stereocenters. The number of benzene rings is 5. The van der Waals surface area contributed by atoms with Gasteiger partial charge in [0.2, 0.25) is 23.6 Å². The molecule has 9 rings (SSSR count). The summed E-state index contributed by atoms with van der Waals surface area (Å²) in [4.78, 5) is 64.6. The number of phenolic OH excluding ortho intramolecular Hbond substituents is 1. The Bertz CT molecular complexity index is 2690. The molecule has 6 atom stereocenters. The SMILES string of the molecule is COc1cc(O)ccc1C1C2=CCC3C(=O)N(c4ccc(N=Nc5ccc(N(C)C)cc5)cc4)C(=O)C3C2CC2C(=O)N(c3ccc(N=Nc4ccc(N(C)C)cc4)cc3)C(=O)C21. The zero-order chi connectivity index (χ0) is 44.1. The number of methoxy groups -OCH3 is 1. The maximum atomic E-state index is 14.7. The first-order chi connectivity index (χ1) is 30.4. The Labute approximate surface area is 364 Å². The third-order valence-corrected chi connectivity index (χ3v) is 12.7. The number of fused-ring (bicyclic) bond motifs is 4. The van der Waals surface area contributed by atoms with E-state index in [4.69, 9.17) is 4.74 Å². The summed E-state index contributed by atoms with van der Waals surface area (Å²) in [6, 6.07) is 33.6. The lowest BCUT2D eigenvalue weighted by Crippen LogP contribution is -2.43. The first kappa shape index (κ1) is 40.9. The highest BCUT2D eigenvalue weighted by Crippen LogP contribution is 2.59. The lowest BCUT2D eigenvalue weighted by atomic mass is 9.57. The topological polar surface area (TPSA) is 160 Å². The Balaban J connectivity index is 0.997. The number of rotatable bonds is 10. The number of hydrogen-bond acceptors (Lipinski definition) is 12. The summed E-state index contributed by atoms with van der Waals surface area (Å²) in [5.74, 6) is -5.29. The predicted molar refractivity (Wildman–Crippen MR) is 240 cm³/mol. The van der Waals surface area contributed by atoms with Crippen LogP contribution in [-0.4, -0.2) is 64.0 Å². The van der Waals surface area contributed by atoms with Crippen molar-refractivity contribution in [2.75, 3.05) is 54.9 Å². The normalized spacial score (nSPS) is 23.0. The number of anilines is 4. The second-order valence-electron chi connectivity index (χ2n) is 16.7. The molecule has 0 bridgehead atoms. The predicted octanol–water partition coefficient (Wildman–Crippen LogP) is 9.41. The molecular formula is C49H46N8O6. The molecule has 14 nitrogen and oxygen atoms in total. The Kier molecular flexibility index (Phi) is 10.7. The van der Waals surface area contributed by atoms with Gasteiger partial charge in [0, 0.05) is 57.1 Å². The lowest BCUT2D eigenvalue weighted by molar-refractivity contribution is -0.126. The van der Waals surface area contributed by atoms with Gasteiger partial charge in [-0.25, -0.2) is 0 Å². The molecule has 63 heavy (non-hydrogen) atoms. The van der Waals surface area contributed by atoms with Crippen LogP contribution in [0.3, 0.4) is 0 Å². The van der Waals surface area contributed by atoms with E-state index in [1.165, 1.54) is 29.0 Å². The van der Waals surface area contributed by atoms with Crippen molar-refractivity contribution in [2.24, 2.45) is 50.0 Å². The minimum atomic E-state index is -0.824. The smallest absolute Gasteiger partial charge is 0.238 e. The molecule has 2 heterocycles. The van der Waals surface area contributed by atoms with Gasteiger partial charge in [0.05, 0.1) is 64.9 Å². The molecule has 4 amide bonds. The van der Waals surface area contributed by atoms with Crippen LogP contribution in [0.5, 0.6) is 11.5 Å². The van der Waals surface area contributed by atoms with E-state index in [2.05, 4.69) is 20.5 Å². The lowest BCUT2D eigenvalue weighted by Gasteiger charge is -2.44. The van der Waals surface area contributed by atoms with Crippen LogP contribution < -0.4 is 24.3 Å². The van der Waals surface area contributed by atoms with E-state index in [1.807, 2.05) is 92.6 Å². The molecule has 1 saturated carbocycles. The number of phenols is 1. The minimum absolute atomic E-state index is 0.0196. The van der Waals surface area contributed by atoms with Gasteiger partial charge in [-0.05, 0) is 122 Å². The van der Waals surface area contributed by atoms with Crippen molar-refractivity contribution >= 4 is 69.1 Å². The van der Waals surface area contributed by atoms with Crippen LogP contribution in [0, 0.1) is 29.6 Å². The standard InChI is InChI=1S/C49H46N8O6/c1-54(2)32-14-6-28(7-15-32)50-52-30-10-18-34(19-11-30)56-46(59)39-25-24-37-40(44(39)48(56)61)27-41-45(43(37)38-23-22-36(58)26-42(38)63-5)49(62)57(47(41)60)35-20-12-31(13-21-35)53-51-29-8-16-33(17-9-29)55(3)4/h6-24,26,39-41,43-45,58H,25,27H2,1-5H3. The molecule has 5 aromatic rings. The van der Waals surface area contributed by atoms with E-state index in [0.717, 1.165) is 16.9 Å². The Morgan fingerprint density at radius 3 is 1.46 bits per heavy atom. The average molecular weight is 843 g/mol. The Hall–Kier alpha value is -7.48. The quantitative estimate of drug-likeness (QED) is 0.0827. The molecule has 0 aromatic heterocycles. The van der Waals surface area contributed by atoms with Gasteiger partial charge in [-0.3, -0.25) is 29.0 Å². The third kappa shape index (κ3) is 7.40. The van der Waals surface area contributed by atoms with Crippen LogP contribution in [0.2, 0.25) is 0 Å². The van der Waals surface area contributed by atoms with Crippen molar-refractivity contribution in [2.45, 2.75) is 18.8 Å². The van der Waals surface area contributed by atoms with Gasteiger partial charge in [-0.15, -0.1) is 0 Å². The second-order valence-corrected chi connectivity index (χ2v) is 16.7. The summed E-state index contributed by atoms with van der Waals surface area (Å²) in [6.07, 6.45) is 2.47. The van der Waals surface area contributed by atoms with Crippen LogP contribution in [0.4, 0.5) is 45.5 Å². The highest BCUT2D eigenvalue weighted by Gasteiger charge is 2.62. The highest BCUT2D eigenvalue weighted by atomic mass is 16.5. The number of amides is 4. The largest absolute Gasteiger partial charge is 0.508 e. The van der Waals surface area contributed by atoms with E-state index in [-0.39, 0.29) is 42.2 Å². The van der Waals surface area contributed by atoms with Gasteiger partial charge in [-0.2, -0.15) is 20.5 Å². The molecule has 14 heteroatoms. The van der Waals surface area contributed by atoms with Crippen LogP contribution in [0.1, 0.15) is 24.3 Å². The number of carbonyl (C=O) groups excluding carboxylic acids is 4. The van der Waals surface area contributed by atoms with Crippen LogP contribution in [0.25, 0.3) is 0 Å². The zero-order valence-corrected chi connectivity index (χ0v) is 35.5. The van der Waals surface area contributed by atoms with Crippen molar-refractivity contribution in [1.82, 2.24) is 0 Å². The third-order valence-electron chi connectivity index (χ3n) is 12.7. The van der Waals surface area contributed by atoms with Gasteiger partial charge < -0.3 is 19.6 Å². The number of nitrogens with zero attached hydrogens (tertiary/aromatic N) is 8. The first-order valence-electron chi connectivity index (χ1n) is 20.8. The summed E-state index contributed by atoms with van der Waals surface area (Å²) >= 11 is 0. The van der Waals surface area contributed by atoms with Crippen molar-refractivity contribution in [3.05, 3.63) is 132 Å². The molecule has 2 saturated heterocycles. The average Bonchev–Trinajstić information content (AvgIpc) is 3.70. The number of carbonyl (C=O) groups is 4. The highest BCUT2D eigenvalue weighted by molar-refractivity contribution is 6.24. The molecular weight excluding hydrogens is 797 g/mol. The van der Waals surface area contributed by atoms with Gasteiger partial charge in [0.1, 0.15) is 11.5 Å². The first-order valence-corrected chi connectivity index (χ1v) is 20.8. The summed E-state index contributed by atoms with van der Waals surface area (Å²) in [5, 5.41) is 27.9. The fourth-order valence-corrected chi connectivity index (χ4v) is 9.60. The summed E-state index contributed by atoms with van der Waals surface area (Å²) in [5.41, 5.74) is 6.78. The molecule has 318 valence electrons. The van der Waals surface area contributed by atoms with Crippen LogP contribution >= 0.6 is 0 Å². The van der Waals surface area contributed by atoms with Crippen LogP contribution in [-0.2, 0) is 19.2 Å². The number of imide groups is 2. The number of azo groups is 2. The second kappa shape index (κ2) is 16.4. The van der Waals surface area contributed by atoms with Crippen molar-refractivity contribution in [3.63, 3.8) is 0 Å². The summed E-state index contributed by atoms with van der Waals surface area (Å²) in [6.45, 7) is 0. The molecule has 1 N–H and O–H groups in total. The van der Waals surface area contributed by atoms with Gasteiger partial charge >= 0.3 is 0 Å². The maximum Gasteiger partial charge on any atom is 0.238 e. The van der Waals surface area contributed by atoms with E-state index in [0.29, 0.717) is 45.4 Å². The fraction of sp³-hybridized carbons (Fsp3) is 0.265. The van der Waals surface area contributed by atoms with E-state index >= 15 is 0 Å². The van der Waals surface area contributed by atoms with Gasteiger partial charge in [0.25, 0.3) is 0 Å². The molecule has 4 aliphatic rings. The van der Waals surface area contributed by atoms with E-state index in [9.17, 15) is 24.3 Å². The van der Waals surface area contributed by atoms with Crippen LogP contribution in [0.15, 0.2) is 147 Å². The number of ether oxygens (including phenoxy) is 1. The van der Waals surface area contributed by atoms with Crippen molar-refractivity contribution < 1.29 is 29.0 Å². The summed E-state index contributed by atoms with van der Waals surface area (Å²) in [7, 11) is 9.34. The zero-order valence-electron chi connectivity index (χ0n) is 35.5. The maximum absolute atomic E-state index is 14.7. The van der Waals surface area contributed by atoms with Gasteiger partial charge in [0.15, 0.2) is 0 Å².